The highest BCUT2D eigenvalue weighted by atomic mass is 19.1. The molecular formula is C23H22FN3O2. The second-order valence-electron chi connectivity index (χ2n) is 7.21. The van der Waals surface area contributed by atoms with Gasteiger partial charge in [-0.2, -0.15) is 0 Å². The van der Waals surface area contributed by atoms with Gasteiger partial charge in [0, 0.05) is 11.8 Å². The van der Waals surface area contributed by atoms with Crippen molar-refractivity contribution in [2.24, 2.45) is 0 Å². The van der Waals surface area contributed by atoms with E-state index in [9.17, 15) is 9.18 Å². The first kappa shape index (κ1) is 18.9. The highest BCUT2D eigenvalue weighted by Gasteiger charge is 2.32. The van der Waals surface area contributed by atoms with Crippen LogP contribution in [0, 0.1) is 26.6 Å². The lowest BCUT2D eigenvalue weighted by Gasteiger charge is -2.39. The number of hydrogen-bond donors (Lipinski definition) is 0. The van der Waals surface area contributed by atoms with Crippen LogP contribution in [0.4, 0.5) is 21.5 Å². The smallest absolute Gasteiger partial charge is 0.261 e. The summed E-state index contributed by atoms with van der Waals surface area (Å²) in [6.07, 6.45) is 0. The fourth-order valence-corrected chi connectivity index (χ4v) is 3.72. The van der Waals surface area contributed by atoms with Gasteiger partial charge in [-0.25, -0.2) is 9.37 Å². The third-order valence-corrected chi connectivity index (χ3v) is 5.18. The summed E-state index contributed by atoms with van der Waals surface area (Å²) in [6.45, 7) is 6.01. The van der Waals surface area contributed by atoms with Crippen molar-refractivity contribution in [1.29, 1.82) is 0 Å². The zero-order valence-corrected chi connectivity index (χ0v) is 16.9. The molecular weight excluding hydrogens is 369 g/mol. The minimum atomic E-state index is -0.282. The Balaban J connectivity index is 1.87. The van der Waals surface area contributed by atoms with E-state index in [1.165, 1.54) is 12.1 Å². The Morgan fingerprint density at radius 3 is 2.38 bits per heavy atom. The molecule has 0 bridgehead atoms. The molecule has 1 aromatic heterocycles. The number of aromatic nitrogens is 1. The highest BCUT2D eigenvalue weighted by molar-refractivity contribution is 6.12. The summed E-state index contributed by atoms with van der Waals surface area (Å²) in [6, 6.07) is 14.1. The Labute approximate surface area is 169 Å². The Morgan fingerprint density at radius 1 is 0.931 bits per heavy atom. The van der Waals surface area contributed by atoms with Gasteiger partial charge in [0.15, 0.2) is 0 Å². The topological polar surface area (TPSA) is 45.7 Å². The van der Waals surface area contributed by atoms with Gasteiger partial charge >= 0.3 is 0 Å². The van der Waals surface area contributed by atoms with Gasteiger partial charge < -0.3 is 9.64 Å². The average Bonchev–Trinajstić information content (AvgIpc) is 2.69. The summed E-state index contributed by atoms with van der Waals surface area (Å²) >= 11 is 0. The van der Waals surface area contributed by atoms with E-state index in [1.807, 2.05) is 49.9 Å². The Hall–Kier alpha value is -3.41. The summed E-state index contributed by atoms with van der Waals surface area (Å²) < 4.78 is 18.9. The molecule has 0 unspecified atom stereocenters. The summed E-state index contributed by atoms with van der Waals surface area (Å²) in [5, 5.41) is 0. The zero-order chi connectivity index (χ0) is 20.7. The lowest BCUT2D eigenvalue weighted by molar-refractivity contribution is 0.0983. The Bertz CT molecular complexity index is 1110. The van der Waals surface area contributed by atoms with Crippen LogP contribution in [0.25, 0.3) is 0 Å². The van der Waals surface area contributed by atoms with Gasteiger partial charge in [-0.3, -0.25) is 9.69 Å². The number of amides is 1. The van der Waals surface area contributed by atoms with Crippen molar-refractivity contribution in [3.8, 4) is 5.88 Å². The molecule has 0 aliphatic carbocycles. The number of hydrogen-bond acceptors (Lipinski definition) is 4. The van der Waals surface area contributed by atoms with Crippen molar-refractivity contribution >= 4 is 23.0 Å². The summed E-state index contributed by atoms with van der Waals surface area (Å²) in [5.74, 6) is 0.125. The number of aryl methyl sites for hydroxylation is 3. The maximum Gasteiger partial charge on any atom is 0.261 e. The van der Waals surface area contributed by atoms with Crippen LogP contribution in [0.2, 0.25) is 0 Å². The number of fused-ring (bicyclic) bond motifs is 1. The lowest BCUT2D eigenvalue weighted by atomic mass is 10.0. The van der Waals surface area contributed by atoms with E-state index < -0.39 is 0 Å². The number of anilines is 3. The maximum atomic E-state index is 13.7. The molecule has 1 amide bonds. The molecule has 0 saturated carbocycles. The predicted molar refractivity (Wildman–Crippen MR) is 112 cm³/mol. The van der Waals surface area contributed by atoms with Crippen LogP contribution in [-0.2, 0) is 0 Å². The largest absolute Gasteiger partial charge is 0.481 e. The van der Waals surface area contributed by atoms with Gasteiger partial charge in [-0.05, 0) is 68.3 Å². The van der Waals surface area contributed by atoms with Gasteiger partial charge in [-0.1, -0.05) is 6.07 Å². The first-order chi connectivity index (χ1) is 13.9. The van der Waals surface area contributed by atoms with Crippen LogP contribution >= 0.6 is 0 Å². The maximum absolute atomic E-state index is 13.7. The third-order valence-electron chi connectivity index (χ3n) is 5.18. The fourth-order valence-electron chi connectivity index (χ4n) is 3.72. The summed E-state index contributed by atoms with van der Waals surface area (Å²) in [5.41, 5.74) is 5.54. The number of ether oxygens (including phenoxy) is 1. The van der Waals surface area contributed by atoms with E-state index in [-0.39, 0.29) is 11.7 Å². The van der Waals surface area contributed by atoms with E-state index in [4.69, 9.17) is 4.74 Å². The number of pyridine rings is 1. The molecule has 3 aromatic rings. The van der Waals surface area contributed by atoms with Crippen molar-refractivity contribution in [3.63, 3.8) is 0 Å². The molecule has 0 spiro atoms. The predicted octanol–water partition coefficient (Wildman–Crippen LogP) is 4.91. The molecule has 2 heterocycles. The van der Waals surface area contributed by atoms with Crippen LogP contribution in [0.3, 0.4) is 0 Å². The molecule has 0 saturated heterocycles. The minimum absolute atomic E-state index is 0.0916. The normalized spacial score (nSPS) is 13.5. The average molecular weight is 391 g/mol. The van der Waals surface area contributed by atoms with E-state index in [2.05, 4.69) is 4.98 Å². The molecule has 6 heteroatoms. The number of nitrogens with zero attached hydrogens (tertiary/aromatic N) is 3. The Morgan fingerprint density at radius 2 is 1.69 bits per heavy atom. The van der Waals surface area contributed by atoms with Crippen LogP contribution in [0.15, 0.2) is 48.5 Å². The van der Waals surface area contributed by atoms with E-state index >= 15 is 0 Å². The van der Waals surface area contributed by atoms with Crippen LogP contribution in [0.1, 0.15) is 27.2 Å². The van der Waals surface area contributed by atoms with Crippen LogP contribution < -0.4 is 14.5 Å². The molecule has 0 atom stereocenters. The summed E-state index contributed by atoms with van der Waals surface area (Å²) in [7, 11) is 1.56. The second kappa shape index (κ2) is 7.20. The van der Waals surface area contributed by atoms with E-state index in [0.29, 0.717) is 29.5 Å². The highest BCUT2D eigenvalue weighted by Crippen LogP contribution is 2.38. The quantitative estimate of drug-likeness (QED) is 0.636. The van der Waals surface area contributed by atoms with Gasteiger partial charge in [-0.15, -0.1) is 0 Å². The van der Waals surface area contributed by atoms with Crippen LogP contribution in [-0.4, -0.2) is 24.7 Å². The standard InChI is InChI=1S/C23H22FN3O2/c1-14-5-7-18-21(11-14)26(19-8-6-17(24)12-15(19)2)13-27(23(18)28)20-9-10-22(29-4)25-16(20)3/h5-12H,13H2,1-4H3. The number of rotatable bonds is 3. The number of carbonyl (C=O) groups is 1. The number of halogens is 1. The van der Waals surface area contributed by atoms with Crippen LogP contribution in [0.5, 0.6) is 5.88 Å². The molecule has 0 N–H and O–H groups in total. The molecule has 0 fully saturated rings. The number of benzene rings is 2. The van der Waals surface area contributed by atoms with Crippen molar-refractivity contribution in [2.75, 3.05) is 23.6 Å². The lowest BCUT2D eigenvalue weighted by Crippen LogP contribution is -2.45. The number of carbonyl (C=O) groups excluding carboxylic acids is 1. The van der Waals surface area contributed by atoms with Crippen molar-refractivity contribution < 1.29 is 13.9 Å². The van der Waals surface area contributed by atoms with Gasteiger partial charge in [0.2, 0.25) is 5.88 Å². The first-order valence-corrected chi connectivity index (χ1v) is 9.37. The van der Waals surface area contributed by atoms with E-state index in [1.54, 1.807) is 24.1 Å². The van der Waals surface area contributed by atoms with Crippen molar-refractivity contribution in [3.05, 3.63) is 76.7 Å². The molecule has 29 heavy (non-hydrogen) atoms. The molecule has 4 rings (SSSR count). The van der Waals surface area contributed by atoms with Crippen molar-refractivity contribution in [2.45, 2.75) is 20.8 Å². The van der Waals surface area contributed by atoms with Gasteiger partial charge in [0.1, 0.15) is 12.5 Å². The molecule has 5 nitrogen and oxygen atoms in total. The van der Waals surface area contributed by atoms with Gasteiger partial charge in [0.25, 0.3) is 5.91 Å². The molecule has 2 aromatic carbocycles. The minimum Gasteiger partial charge on any atom is -0.481 e. The first-order valence-electron chi connectivity index (χ1n) is 9.37. The molecule has 0 radical (unpaired) electrons. The molecule has 1 aliphatic heterocycles. The van der Waals surface area contributed by atoms with E-state index in [0.717, 1.165) is 22.5 Å². The monoisotopic (exact) mass is 391 g/mol. The molecule has 148 valence electrons. The van der Waals surface area contributed by atoms with Crippen molar-refractivity contribution in [1.82, 2.24) is 4.98 Å². The zero-order valence-electron chi connectivity index (χ0n) is 16.9. The Kier molecular flexibility index (Phi) is 4.70. The number of methoxy groups -OCH3 is 1. The summed E-state index contributed by atoms with van der Waals surface area (Å²) in [4.78, 5) is 21.5. The SMILES string of the molecule is COc1ccc(N2CN(c3ccc(F)cc3C)c3cc(C)ccc3C2=O)c(C)n1. The second-order valence-corrected chi connectivity index (χ2v) is 7.21. The fraction of sp³-hybridized carbons (Fsp3) is 0.217. The third kappa shape index (κ3) is 3.31. The van der Waals surface area contributed by atoms with Gasteiger partial charge in [0.05, 0.1) is 29.7 Å². The molecule has 1 aliphatic rings.